The van der Waals surface area contributed by atoms with Gasteiger partial charge in [0.1, 0.15) is 0 Å². The highest BCUT2D eigenvalue weighted by Gasteiger charge is 2.66. The molecule has 5 rings (SSSR count). The zero-order valence-electron chi connectivity index (χ0n) is 19.0. The third-order valence-corrected chi connectivity index (χ3v) is 12.1. The number of allylic oxidation sites excluding steroid dienone is 2. The molecule has 0 radical (unpaired) electrons. The van der Waals surface area contributed by atoms with Gasteiger partial charge in [-0.2, -0.15) is 0 Å². The highest BCUT2D eigenvalue weighted by molar-refractivity contribution is 5.33. The molecular weight excluding hydrogens is 324 g/mol. The van der Waals surface area contributed by atoms with Gasteiger partial charge in [0.25, 0.3) is 0 Å². The van der Waals surface area contributed by atoms with Gasteiger partial charge in [0.05, 0.1) is 0 Å². The van der Waals surface area contributed by atoms with Crippen LogP contribution in [0.3, 0.4) is 0 Å². The molecule has 0 heteroatoms. The second-order valence-electron chi connectivity index (χ2n) is 12.8. The van der Waals surface area contributed by atoms with Crippen LogP contribution in [0, 0.1) is 51.2 Å². The Morgan fingerprint density at radius 3 is 2.41 bits per heavy atom. The van der Waals surface area contributed by atoms with E-state index in [9.17, 15) is 0 Å². The fraction of sp³-hybridized carbons (Fsp3) is 0.926. The topological polar surface area (TPSA) is 0 Å². The largest absolute Gasteiger partial charge is 0.0841 e. The molecule has 0 N–H and O–H groups in total. The maximum atomic E-state index is 2.84. The Balaban J connectivity index is 1.61. The standard InChI is InChI=1S/C27H44/c1-18-11-14-24(3)16-17-26(5)21(23(24)19(18)2)9-10-22-25(4)13-7-8-20(25)12-15-27(22,26)6/h9,18-20,22-23H,7-8,10-17H2,1-6H3/t18-,19?,20?,22?,23?,24?,25?,26-,27?/m1/s1. The Labute approximate surface area is 169 Å². The van der Waals surface area contributed by atoms with Crippen molar-refractivity contribution in [2.45, 2.75) is 106 Å². The van der Waals surface area contributed by atoms with Gasteiger partial charge >= 0.3 is 0 Å². The highest BCUT2D eigenvalue weighted by atomic mass is 14.7. The third kappa shape index (κ3) is 2.17. The van der Waals surface area contributed by atoms with Gasteiger partial charge in [-0.15, -0.1) is 0 Å². The van der Waals surface area contributed by atoms with Crippen LogP contribution >= 0.6 is 0 Å². The molecule has 0 aromatic heterocycles. The lowest BCUT2D eigenvalue weighted by molar-refractivity contribution is -0.138. The van der Waals surface area contributed by atoms with E-state index in [1.165, 1.54) is 64.2 Å². The summed E-state index contributed by atoms with van der Waals surface area (Å²) >= 11 is 0. The van der Waals surface area contributed by atoms with Gasteiger partial charge in [-0.05, 0) is 109 Å². The summed E-state index contributed by atoms with van der Waals surface area (Å²) in [6.07, 6.45) is 17.6. The van der Waals surface area contributed by atoms with Crippen molar-refractivity contribution in [3.63, 3.8) is 0 Å². The molecule has 0 aromatic rings. The summed E-state index contributed by atoms with van der Waals surface area (Å²) in [5, 5.41) is 0. The zero-order chi connectivity index (χ0) is 19.2. The number of rotatable bonds is 0. The third-order valence-electron chi connectivity index (χ3n) is 12.1. The minimum atomic E-state index is 0.460. The van der Waals surface area contributed by atoms with Gasteiger partial charge in [-0.25, -0.2) is 0 Å². The van der Waals surface area contributed by atoms with Crippen LogP contribution in [-0.4, -0.2) is 0 Å². The van der Waals surface area contributed by atoms with Crippen molar-refractivity contribution in [1.29, 1.82) is 0 Å². The highest BCUT2D eigenvalue weighted by Crippen LogP contribution is 2.74. The molecule has 152 valence electrons. The molecule has 0 aliphatic heterocycles. The fourth-order valence-electron chi connectivity index (χ4n) is 9.88. The van der Waals surface area contributed by atoms with Crippen molar-refractivity contribution in [2.24, 2.45) is 51.2 Å². The molecule has 0 amide bonds. The Kier molecular flexibility index (Phi) is 3.93. The Bertz CT molecular complexity index is 659. The van der Waals surface area contributed by atoms with Crippen molar-refractivity contribution in [3.8, 4) is 0 Å². The first-order valence-electron chi connectivity index (χ1n) is 12.4. The van der Waals surface area contributed by atoms with Crippen molar-refractivity contribution in [2.75, 3.05) is 0 Å². The Hall–Kier alpha value is -0.260. The Morgan fingerprint density at radius 2 is 1.63 bits per heavy atom. The first kappa shape index (κ1) is 18.7. The van der Waals surface area contributed by atoms with Crippen LogP contribution in [0.25, 0.3) is 0 Å². The first-order valence-corrected chi connectivity index (χ1v) is 12.4. The van der Waals surface area contributed by atoms with Crippen molar-refractivity contribution >= 4 is 0 Å². The van der Waals surface area contributed by atoms with Crippen molar-refractivity contribution < 1.29 is 0 Å². The van der Waals surface area contributed by atoms with E-state index in [1.54, 1.807) is 0 Å². The van der Waals surface area contributed by atoms with Gasteiger partial charge in [0.2, 0.25) is 0 Å². The molecule has 0 nitrogen and oxygen atoms in total. The van der Waals surface area contributed by atoms with Crippen LogP contribution < -0.4 is 0 Å². The van der Waals surface area contributed by atoms with Crippen LogP contribution in [0.15, 0.2) is 11.6 Å². The number of fused-ring (bicyclic) bond motifs is 7. The monoisotopic (exact) mass is 368 g/mol. The molecule has 4 fully saturated rings. The van der Waals surface area contributed by atoms with Crippen molar-refractivity contribution in [3.05, 3.63) is 11.6 Å². The maximum Gasteiger partial charge on any atom is -0.00564 e. The van der Waals surface area contributed by atoms with Crippen LogP contribution in [0.1, 0.15) is 106 Å². The fourth-order valence-corrected chi connectivity index (χ4v) is 9.88. The molecule has 0 heterocycles. The summed E-state index contributed by atoms with van der Waals surface area (Å²) in [7, 11) is 0. The smallest absolute Gasteiger partial charge is 0.00564 e. The minimum absolute atomic E-state index is 0.460. The van der Waals surface area contributed by atoms with Gasteiger partial charge < -0.3 is 0 Å². The lowest BCUT2D eigenvalue weighted by Gasteiger charge is -2.68. The second kappa shape index (κ2) is 5.66. The Morgan fingerprint density at radius 1 is 0.852 bits per heavy atom. The number of hydrogen-bond donors (Lipinski definition) is 0. The summed E-state index contributed by atoms with van der Waals surface area (Å²) < 4.78 is 0. The normalized spacial score (nSPS) is 59.9. The lowest BCUT2D eigenvalue weighted by atomic mass is 9.36. The summed E-state index contributed by atoms with van der Waals surface area (Å²) in [5.41, 5.74) is 4.14. The molecular formula is C27H44. The van der Waals surface area contributed by atoms with Crippen LogP contribution in [0.5, 0.6) is 0 Å². The summed E-state index contributed by atoms with van der Waals surface area (Å²) in [4.78, 5) is 0. The minimum Gasteiger partial charge on any atom is -0.0841 e. The van der Waals surface area contributed by atoms with E-state index in [1.807, 2.05) is 5.57 Å². The van der Waals surface area contributed by atoms with Gasteiger partial charge in [-0.1, -0.05) is 59.6 Å². The summed E-state index contributed by atoms with van der Waals surface area (Å²) in [6.45, 7) is 16.0. The average molecular weight is 369 g/mol. The quantitative estimate of drug-likeness (QED) is 0.380. The summed E-state index contributed by atoms with van der Waals surface area (Å²) in [6, 6.07) is 0. The molecule has 7 unspecified atom stereocenters. The molecule has 5 aliphatic rings. The SMILES string of the molecule is CC1C2C3=CCC4C5(C)CCCC5CCC4(C)[C@]3(C)CCC2(C)CC[C@H]1C. The molecule has 0 bridgehead atoms. The molecule has 4 saturated carbocycles. The van der Waals surface area contributed by atoms with Gasteiger partial charge in [0.15, 0.2) is 0 Å². The summed E-state index contributed by atoms with van der Waals surface area (Å²) in [5.74, 6) is 4.58. The van der Waals surface area contributed by atoms with Crippen LogP contribution in [0.2, 0.25) is 0 Å². The van der Waals surface area contributed by atoms with E-state index in [0.29, 0.717) is 21.7 Å². The first-order chi connectivity index (χ1) is 12.7. The zero-order valence-corrected chi connectivity index (χ0v) is 19.0. The van der Waals surface area contributed by atoms with Gasteiger partial charge in [-0.3, -0.25) is 0 Å². The predicted molar refractivity (Wildman–Crippen MR) is 115 cm³/mol. The van der Waals surface area contributed by atoms with Crippen LogP contribution in [0.4, 0.5) is 0 Å². The molecule has 0 saturated heterocycles. The van der Waals surface area contributed by atoms with E-state index >= 15 is 0 Å². The average Bonchev–Trinajstić information content (AvgIpc) is 3.01. The van der Waals surface area contributed by atoms with Crippen LogP contribution in [-0.2, 0) is 0 Å². The maximum absolute atomic E-state index is 2.84. The van der Waals surface area contributed by atoms with E-state index in [4.69, 9.17) is 0 Å². The molecule has 27 heavy (non-hydrogen) atoms. The molecule has 0 aromatic carbocycles. The van der Waals surface area contributed by atoms with Gasteiger partial charge in [0, 0.05) is 0 Å². The predicted octanol–water partition coefficient (Wildman–Crippen LogP) is 8.03. The van der Waals surface area contributed by atoms with E-state index in [0.717, 1.165) is 29.6 Å². The molecule has 5 aliphatic carbocycles. The molecule has 9 atom stereocenters. The van der Waals surface area contributed by atoms with E-state index in [2.05, 4.69) is 47.6 Å². The van der Waals surface area contributed by atoms with E-state index < -0.39 is 0 Å². The molecule has 0 spiro atoms. The van der Waals surface area contributed by atoms with Crippen molar-refractivity contribution in [1.82, 2.24) is 0 Å². The van der Waals surface area contributed by atoms with E-state index in [-0.39, 0.29) is 0 Å². The number of hydrogen-bond acceptors (Lipinski definition) is 0. The second-order valence-corrected chi connectivity index (χ2v) is 12.8. The lowest BCUT2D eigenvalue weighted by Crippen LogP contribution is -2.60.